The monoisotopic (exact) mass is 309 g/mol. The first-order valence-corrected chi connectivity index (χ1v) is 7.12. The number of esters is 1. The molecule has 1 aromatic carbocycles. The fourth-order valence-corrected chi connectivity index (χ4v) is 1.88. The molecule has 0 heterocycles. The highest BCUT2D eigenvalue weighted by molar-refractivity contribution is 6.30. The van der Waals surface area contributed by atoms with Crippen molar-refractivity contribution in [1.82, 2.24) is 4.90 Å². The summed E-state index contributed by atoms with van der Waals surface area (Å²) >= 11 is 5.77. The van der Waals surface area contributed by atoms with Crippen molar-refractivity contribution in [1.29, 1.82) is 0 Å². The van der Waals surface area contributed by atoms with Crippen LogP contribution in [-0.2, 0) is 20.7 Å². The SMILES string of the molecule is C=C(C)CN(CC)C(=O)COC(=O)Cc1ccc(Cl)cc1. The van der Waals surface area contributed by atoms with E-state index in [0.717, 1.165) is 11.1 Å². The first kappa shape index (κ1) is 17.2. The maximum Gasteiger partial charge on any atom is 0.310 e. The Hall–Kier alpha value is -1.81. The van der Waals surface area contributed by atoms with Gasteiger partial charge in [-0.15, -0.1) is 0 Å². The normalized spacial score (nSPS) is 10.0. The smallest absolute Gasteiger partial charge is 0.310 e. The molecule has 0 saturated carbocycles. The lowest BCUT2D eigenvalue weighted by Gasteiger charge is -2.20. The second-order valence-corrected chi connectivity index (χ2v) is 5.27. The number of rotatable bonds is 7. The van der Waals surface area contributed by atoms with Gasteiger partial charge in [0.2, 0.25) is 0 Å². The van der Waals surface area contributed by atoms with Crippen molar-refractivity contribution >= 4 is 23.5 Å². The number of hydrogen-bond donors (Lipinski definition) is 0. The zero-order valence-corrected chi connectivity index (χ0v) is 13.2. The number of halogens is 1. The fourth-order valence-electron chi connectivity index (χ4n) is 1.76. The lowest BCUT2D eigenvalue weighted by Crippen LogP contribution is -2.35. The van der Waals surface area contributed by atoms with E-state index in [1.54, 1.807) is 29.2 Å². The van der Waals surface area contributed by atoms with Crippen LogP contribution in [0.15, 0.2) is 36.4 Å². The quantitative estimate of drug-likeness (QED) is 0.575. The maximum absolute atomic E-state index is 11.9. The second-order valence-electron chi connectivity index (χ2n) is 4.83. The fraction of sp³-hybridized carbons (Fsp3) is 0.375. The summed E-state index contributed by atoms with van der Waals surface area (Å²) < 4.78 is 5.01. The van der Waals surface area contributed by atoms with Gasteiger partial charge in [-0.3, -0.25) is 9.59 Å². The van der Waals surface area contributed by atoms with Gasteiger partial charge in [-0.25, -0.2) is 0 Å². The van der Waals surface area contributed by atoms with Crippen LogP contribution in [0.25, 0.3) is 0 Å². The Morgan fingerprint density at radius 2 is 1.90 bits per heavy atom. The van der Waals surface area contributed by atoms with Crippen molar-refractivity contribution < 1.29 is 14.3 Å². The summed E-state index contributed by atoms with van der Waals surface area (Å²) in [5.74, 6) is -0.651. The van der Waals surface area contributed by atoms with Gasteiger partial charge in [-0.2, -0.15) is 0 Å². The van der Waals surface area contributed by atoms with Gasteiger partial charge >= 0.3 is 5.97 Å². The van der Waals surface area contributed by atoms with Crippen LogP contribution >= 0.6 is 11.6 Å². The Labute approximate surface area is 130 Å². The van der Waals surface area contributed by atoms with Crippen molar-refractivity contribution in [3.63, 3.8) is 0 Å². The molecule has 0 spiro atoms. The summed E-state index contributed by atoms with van der Waals surface area (Å²) in [5, 5.41) is 0.612. The van der Waals surface area contributed by atoms with Gasteiger partial charge in [0.15, 0.2) is 6.61 Å². The van der Waals surface area contributed by atoms with Gasteiger partial charge in [0.1, 0.15) is 0 Å². The minimum absolute atomic E-state index is 0.122. The summed E-state index contributed by atoms with van der Waals surface area (Å²) in [5.41, 5.74) is 1.68. The van der Waals surface area contributed by atoms with Crippen molar-refractivity contribution in [2.75, 3.05) is 19.7 Å². The topological polar surface area (TPSA) is 46.6 Å². The molecule has 0 fully saturated rings. The molecular weight excluding hydrogens is 290 g/mol. The van der Waals surface area contributed by atoms with E-state index in [4.69, 9.17) is 16.3 Å². The molecule has 1 rings (SSSR count). The minimum atomic E-state index is -0.433. The summed E-state index contributed by atoms with van der Waals surface area (Å²) in [6.07, 6.45) is 0.122. The molecule has 0 saturated heterocycles. The Balaban J connectivity index is 2.43. The van der Waals surface area contributed by atoms with Crippen LogP contribution < -0.4 is 0 Å². The molecule has 0 N–H and O–H groups in total. The standard InChI is InChI=1S/C16H20ClNO3/c1-4-18(10-12(2)3)15(19)11-21-16(20)9-13-5-7-14(17)8-6-13/h5-8H,2,4,9-11H2,1,3H3. The van der Waals surface area contributed by atoms with Crippen molar-refractivity contribution in [2.45, 2.75) is 20.3 Å². The number of carbonyl (C=O) groups excluding carboxylic acids is 2. The number of nitrogens with zero attached hydrogens (tertiary/aromatic N) is 1. The highest BCUT2D eigenvalue weighted by atomic mass is 35.5. The molecule has 0 aromatic heterocycles. The van der Waals surface area contributed by atoms with E-state index >= 15 is 0 Å². The average Bonchev–Trinajstić information content (AvgIpc) is 2.44. The van der Waals surface area contributed by atoms with E-state index in [9.17, 15) is 9.59 Å². The Morgan fingerprint density at radius 3 is 2.43 bits per heavy atom. The minimum Gasteiger partial charge on any atom is -0.455 e. The lowest BCUT2D eigenvalue weighted by molar-refractivity contribution is -0.151. The van der Waals surface area contributed by atoms with Gasteiger partial charge in [-0.05, 0) is 31.5 Å². The van der Waals surface area contributed by atoms with E-state index < -0.39 is 5.97 Å². The van der Waals surface area contributed by atoms with Crippen LogP contribution in [0.3, 0.4) is 0 Å². The van der Waals surface area contributed by atoms with Gasteiger partial charge < -0.3 is 9.64 Å². The van der Waals surface area contributed by atoms with Gasteiger partial charge in [0, 0.05) is 18.1 Å². The summed E-state index contributed by atoms with van der Waals surface area (Å²) in [6, 6.07) is 6.93. The Bertz CT molecular complexity index is 511. The molecule has 0 radical (unpaired) electrons. The summed E-state index contributed by atoms with van der Waals surface area (Å²) in [6.45, 7) is 8.28. The molecule has 4 nitrogen and oxygen atoms in total. The Morgan fingerprint density at radius 1 is 1.29 bits per heavy atom. The molecule has 114 valence electrons. The number of amides is 1. The van der Waals surface area contributed by atoms with Crippen molar-refractivity contribution in [3.8, 4) is 0 Å². The van der Waals surface area contributed by atoms with E-state index in [1.165, 1.54) is 0 Å². The highest BCUT2D eigenvalue weighted by Crippen LogP contribution is 2.10. The van der Waals surface area contributed by atoms with Crippen molar-refractivity contribution in [3.05, 3.63) is 47.0 Å². The summed E-state index contributed by atoms with van der Waals surface area (Å²) in [7, 11) is 0. The number of ether oxygens (including phenoxy) is 1. The third-order valence-corrected chi connectivity index (χ3v) is 3.07. The van der Waals surface area contributed by atoms with Gasteiger partial charge in [0.25, 0.3) is 5.91 Å². The molecular formula is C16H20ClNO3. The van der Waals surface area contributed by atoms with Crippen LogP contribution in [0.1, 0.15) is 19.4 Å². The van der Waals surface area contributed by atoms with Gasteiger partial charge in [0.05, 0.1) is 6.42 Å². The third kappa shape index (κ3) is 6.45. The third-order valence-electron chi connectivity index (χ3n) is 2.81. The van der Waals surface area contributed by atoms with Crippen LogP contribution in [0.5, 0.6) is 0 Å². The molecule has 0 aliphatic carbocycles. The largest absolute Gasteiger partial charge is 0.455 e. The number of hydrogen-bond acceptors (Lipinski definition) is 3. The zero-order valence-electron chi connectivity index (χ0n) is 12.4. The molecule has 0 bridgehead atoms. The van der Waals surface area contributed by atoms with Crippen LogP contribution in [0, 0.1) is 0 Å². The number of likely N-dealkylation sites (N-methyl/N-ethyl adjacent to an activating group) is 1. The van der Waals surface area contributed by atoms with Crippen molar-refractivity contribution in [2.24, 2.45) is 0 Å². The predicted molar refractivity (Wildman–Crippen MR) is 83.2 cm³/mol. The van der Waals surface area contributed by atoms with Crippen LogP contribution in [0.2, 0.25) is 5.02 Å². The second kappa shape index (κ2) is 8.47. The highest BCUT2D eigenvalue weighted by Gasteiger charge is 2.14. The first-order valence-electron chi connectivity index (χ1n) is 6.74. The van der Waals surface area contributed by atoms with E-state index in [2.05, 4.69) is 6.58 Å². The van der Waals surface area contributed by atoms with E-state index in [1.807, 2.05) is 13.8 Å². The van der Waals surface area contributed by atoms with Gasteiger partial charge in [-0.1, -0.05) is 35.9 Å². The Kier molecular flexibility index (Phi) is 6.96. The molecule has 21 heavy (non-hydrogen) atoms. The maximum atomic E-state index is 11.9. The predicted octanol–water partition coefficient (Wildman–Crippen LogP) is 2.85. The molecule has 0 unspecified atom stereocenters. The number of benzene rings is 1. The zero-order chi connectivity index (χ0) is 15.8. The first-order chi connectivity index (χ1) is 9.92. The molecule has 0 atom stereocenters. The average molecular weight is 310 g/mol. The van der Waals surface area contributed by atoms with Crippen LogP contribution in [0.4, 0.5) is 0 Å². The lowest BCUT2D eigenvalue weighted by atomic mass is 10.1. The van der Waals surface area contributed by atoms with E-state index in [0.29, 0.717) is 18.1 Å². The van der Waals surface area contributed by atoms with Crippen LogP contribution in [-0.4, -0.2) is 36.5 Å². The van der Waals surface area contributed by atoms with E-state index in [-0.39, 0.29) is 18.9 Å². The molecule has 0 aliphatic heterocycles. The summed E-state index contributed by atoms with van der Waals surface area (Å²) in [4.78, 5) is 25.2. The molecule has 1 aromatic rings. The molecule has 0 aliphatic rings. The molecule has 5 heteroatoms. The number of carbonyl (C=O) groups is 2. The molecule has 1 amide bonds.